The van der Waals surface area contributed by atoms with E-state index in [1.54, 1.807) is 12.3 Å². The van der Waals surface area contributed by atoms with E-state index in [1.807, 2.05) is 43.1 Å². The number of piperidine rings is 1. The van der Waals surface area contributed by atoms with Crippen molar-refractivity contribution in [2.24, 2.45) is 11.8 Å². The van der Waals surface area contributed by atoms with Gasteiger partial charge in [0.05, 0.1) is 6.26 Å². The van der Waals surface area contributed by atoms with E-state index in [-0.39, 0.29) is 23.3 Å². The van der Waals surface area contributed by atoms with Crippen LogP contribution >= 0.6 is 0 Å². The Labute approximate surface area is 214 Å². The van der Waals surface area contributed by atoms with Gasteiger partial charge in [0.25, 0.3) is 0 Å². The number of nitrogens with zero attached hydrogens (tertiary/aromatic N) is 2. The molecule has 2 heterocycles. The van der Waals surface area contributed by atoms with Crippen molar-refractivity contribution in [3.05, 3.63) is 59.6 Å². The molecule has 2 aromatic rings. The van der Waals surface area contributed by atoms with Crippen LogP contribution in [0.5, 0.6) is 5.75 Å². The molecule has 2 aliphatic carbocycles. The summed E-state index contributed by atoms with van der Waals surface area (Å²) >= 11 is 0. The van der Waals surface area contributed by atoms with Crippen LogP contribution < -0.4 is 4.74 Å². The number of fused-ring (bicyclic) bond motifs is 1. The molecule has 5 rings (SSSR count). The molecule has 6 nitrogen and oxygen atoms in total. The zero-order valence-corrected chi connectivity index (χ0v) is 21.7. The third kappa shape index (κ3) is 5.29. The van der Waals surface area contributed by atoms with Crippen LogP contribution in [0.1, 0.15) is 62.3 Å². The Balaban J connectivity index is 1.38. The Hall–Kier alpha value is -2.86. The number of hydrogen-bond donors (Lipinski definition) is 0. The summed E-state index contributed by atoms with van der Waals surface area (Å²) in [6.07, 6.45) is 12.0. The predicted octanol–water partition coefficient (Wildman–Crippen LogP) is 5.21. The van der Waals surface area contributed by atoms with Crippen LogP contribution in [-0.2, 0) is 15.0 Å². The van der Waals surface area contributed by atoms with Gasteiger partial charge in [-0.3, -0.25) is 9.59 Å². The molecule has 1 aromatic carbocycles. The van der Waals surface area contributed by atoms with E-state index >= 15 is 0 Å². The second-order valence-electron chi connectivity index (χ2n) is 11.1. The van der Waals surface area contributed by atoms with Gasteiger partial charge >= 0.3 is 5.97 Å². The monoisotopic (exact) mass is 490 g/mol. The number of aryl methyl sites for hydroxylation is 1. The minimum absolute atomic E-state index is 0.0223. The van der Waals surface area contributed by atoms with Crippen LogP contribution in [0.3, 0.4) is 0 Å². The molecule has 192 valence electrons. The number of ether oxygens (including phenoxy) is 1. The number of amides is 1. The van der Waals surface area contributed by atoms with Gasteiger partial charge in [-0.2, -0.15) is 0 Å². The fraction of sp³-hybridized carbons (Fsp3) is 0.533. The maximum atomic E-state index is 13.1. The fourth-order valence-corrected chi connectivity index (χ4v) is 6.41. The van der Waals surface area contributed by atoms with Gasteiger partial charge in [-0.25, -0.2) is 0 Å². The quantitative estimate of drug-likeness (QED) is 0.303. The molecule has 1 saturated heterocycles. The first-order valence-electron chi connectivity index (χ1n) is 13.3. The number of likely N-dealkylation sites (N-methyl/N-ethyl adjacent to an activating group) is 1. The van der Waals surface area contributed by atoms with Crippen molar-refractivity contribution in [2.45, 2.75) is 63.8 Å². The molecule has 3 atom stereocenters. The first kappa shape index (κ1) is 24.8. The summed E-state index contributed by atoms with van der Waals surface area (Å²) in [5, 5.41) is 0. The summed E-state index contributed by atoms with van der Waals surface area (Å²) < 4.78 is 10.8. The number of furan rings is 1. The molecule has 3 fully saturated rings. The van der Waals surface area contributed by atoms with E-state index < -0.39 is 0 Å². The number of rotatable bonds is 7. The smallest absolute Gasteiger partial charge is 0.308 e. The second-order valence-corrected chi connectivity index (χ2v) is 11.1. The maximum Gasteiger partial charge on any atom is 0.308 e. The third-order valence-corrected chi connectivity index (χ3v) is 8.67. The van der Waals surface area contributed by atoms with Crippen molar-refractivity contribution >= 4 is 18.0 Å². The molecule has 1 aromatic heterocycles. The lowest BCUT2D eigenvalue weighted by Crippen LogP contribution is -2.56. The van der Waals surface area contributed by atoms with Crippen molar-refractivity contribution < 1.29 is 18.7 Å². The highest BCUT2D eigenvalue weighted by atomic mass is 16.5. The molecule has 0 bridgehead atoms. The van der Waals surface area contributed by atoms with Crippen LogP contribution in [0.25, 0.3) is 6.08 Å². The number of esters is 1. The summed E-state index contributed by atoms with van der Waals surface area (Å²) in [7, 11) is 1.94. The number of carbonyl (C=O) groups excluding carboxylic acids is 2. The maximum absolute atomic E-state index is 13.1. The zero-order valence-electron chi connectivity index (χ0n) is 21.7. The highest BCUT2D eigenvalue weighted by Gasteiger charge is 2.49. The predicted molar refractivity (Wildman–Crippen MR) is 140 cm³/mol. The van der Waals surface area contributed by atoms with Gasteiger partial charge < -0.3 is 19.0 Å². The standard InChI is InChI=1S/C30H38N2O4/c1-21-24(13-16-35-21)9-12-29(34)31(3)27-11-10-26-20-32(19-23-7-8-23)15-14-30(26,18-27)25-5-4-6-28(17-25)36-22(2)33/h4-6,9,12-13,16-17,23,26-27H,7-8,10-11,14-15,18-20H2,1-3H3/b12-9+/t26-,27-,30+/m1/s1. The van der Waals surface area contributed by atoms with Gasteiger partial charge in [0.15, 0.2) is 0 Å². The molecule has 0 radical (unpaired) electrons. The van der Waals surface area contributed by atoms with Crippen molar-refractivity contribution in [3.63, 3.8) is 0 Å². The van der Waals surface area contributed by atoms with E-state index in [0.29, 0.717) is 11.7 Å². The van der Waals surface area contributed by atoms with Crippen LogP contribution in [0.4, 0.5) is 0 Å². The van der Waals surface area contributed by atoms with Crippen LogP contribution in [-0.4, -0.2) is 54.4 Å². The highest BCUT2D eigenvalue weighted by molar-refractivity contribution is 5.92. The lowest BCUT2D eigenvalue weighted by atomic mass is 9.57. The summed E-state index contributed by atoms with van der Waals surface area (Å²) in [6, 6.07) is 10.2. The lowest BCUT2D eigenvalue weighted by Gasteiger charge is -2.54. The Morgan fingerprint density at radius 3 is 2.78 bits per heavy atom. The first-order chi connectivity index (χ1) is 17.3. The Morgan fingerprint density at radius 1 is 1.22 bits per heavy atom. The molecular weight excluding hydrogens is 452 g/mol. The summed E-state index contributed by atoms with van der Waals surface area (Å²) in [4.78, 5) is 29.4. The summed E-state index contributed by atoms with van der Waals surface area (Å²) in [5.74, 6) is 2.56. The first-order valence-corrected chi connectivity index (χ1v) is 13.3. The topological polar surface area (TPSA) is 63.0 Å². The second kappa shape index (κ2) is 10.3. The SMILES string of the molecule is CC(=O)Oc1cccc([C@@]23CCN(CC4CC4)C[C@H]2CC[C@@H](N(C)C(=O)/C=C/c2ccoc2C)C3)c1. The molecule has 1 amide bonds. The van der Waals surface area contributed by atoms with E-state index in [2.05, 4.69) is 17.0 Å². The van der Waals surface area contributed by atoms with Crippen molar-refractivity contribution in [2.75, 3.05) is 26.7 Å². The molecule has 0 spiro atoms. The van der Waals surface area contributed by atoms with Gasteiger partial charge in [-0.1, -0.05) is 12.1 Å². The molecule has 6 heteroatoms. The van der Waals surface area contributed by atoms with Gasteiger partial charge in [0.2, 0.25) is 5.91 Å². The summed E-state index contributed by atoms with van der Waals surface area (Å²) in [6.45, 7) is 6.76. The molecular formula is C30H38N2O4. The van der Waals surface area contributed by atoms with E-state index in [0.717, 1.165) is 56.0 Å². The molecule has 0 unspecified atom stereocenters. The average molecular weight is 491 g/mol. The molecule has 2 saturated carbocycles. The fourth-order valence-electron chi connectivity index (χ4n) is 6.41. The normalized spacial score (nSPS) is 26.5. The largest absolute Gasteiger partial charge is 0.469 e. The average Bonchev–Trinajstić information content (AvgIpc) is 3.59. The number of carbonyl (C=O) groups is 2. The molecule has 1 aliphatic heterocycles. The lowest BCUT2D eigenvalue weighted by molar-refractivity contribution is -0.132. The molecule has 0 N–H and O–H groups in total. The van der Waals surface area contributed by atoms with Crippen LogP contribution in [0.2, 0.25) is 0 Å². The number of benzene rings is 1. The van der Waals surface area contributed by atoms with Crippen molar-refractivity contribution in [3.8, 4) is 5.75 Å². The minimum Gasteiger partial charge on any atom is -0.469 e. The van der Waals surface area contributed by atoms with Gasteiger partial charge in [0, 0.05) is 50.2 Å². The van der Waals surface area contributed by atoms with Crippen LogP contribution in [0, 0.1) is 18.8 Å². The zero-order chi connectivity index (χ0) is 25.3. The van der Waals surface area contributed by atoms with Gasteiger partial charge in [-0.05, 0) is 93.7 Å². The van der Waals surface area contributed by atoms with E-state index in [4.69, 9.17) is 9.15 Å². The minimum atomic E-state index is -0.299. The van der Waals surface area contributed by atoms with Gasteiger partial charge in [-0.15, -0.1) is 0 Å². The van der Waals surface area contributed by atoms with E-state index in [9.17, 15) is 9.59 Å². The Bertz CT molecular complexity index is 1130. The Kier molecular flexibility index (Phi) is 7.07. The van der Waals surface area contributed by atoms with Crippen molar-refractivity contribution in [1.82, 2.24) is 9.80 Å². The number of hydrogen-bond acceptors (Lipinski definition) is 5. The third-order valence-electron chi connectivity index (χ3n) is 8.67. The molecule has 36 heavy (non-hydrogen) atoms. The van der Waals surface area contributed by atoms with Crippen LogP contribution in [0.15, 0.2) is 47.1 Å². The Morgan fingerprint density at radius 2 is 2.06 bits per heavy atom. The van der Waals surface area contributed by atoms with Crippen molar-refractivity contribution in [1.29, 1.82) is 0 Å². The molecule has 3 aliphatic rings. The van der Waals surface area contributed by atoms with Gasteiger partial charge in [0.1, 0.15) is 11.5 Å². The number of likely N-dealkylation sites (tertiary alicyclic amines) is 1. The summed E-state index contributed by atoms with van der Waals surface area (Å²) in [5.41, 5.74) is 2.15. The van der Waals surface area contributed by atoms with E-state index in [1.165, 1.54) is 31.9 Å². The highest BCUT2D eigenvalue weighted by Crippen LogP contribution is 2.51.